The molecule has 0 heterocycles. The summed E-state index contributed by atoms with van der Waals surface area (Å²) >= 11 is 0. The lowest BCUT2D eigenvalue weighted by molar-refractivity contribution is 0.631. The molecule has 0 amide bonds. The van der Waals surface area contributed by atoms with Gasteiger partial charge in [-0.15, -0.1) is 0 Å². The highest BCUT2D eigenvalue weighted by atomic mass is 19.1. The SMILES string of the molecule is CNc1cc(-c2ccc(C)c(C)c2)ccc1F. The number of nitrogens with one attached hydrogen (secondary N) is 1. The molecule has 0 saturated heterocycles. The summed E-state index contributed by atoms with van der Waals surface area (Å²) in [6.45, 7) is 4.17. The monoisotopic (exact) mass is 229 g/mol. The van der Waals surface area contributed by atoms with E-state index in [-0.39, 0.29) is 5.82 Å². The maximum absolute atomic E-state index is 13.4. The van der Waals surface area contributed by atoms with Crippen LogP contribution < -0.4 is 5.32 Å². The number of rotatable bonds is 2. The van der Waals surface area contributed by atoms with E-state index in [0.29, 0.717) is 5.69 Å². The maximum atomic E-state index is 13.4. The normalized spacial score (nSPS) is 10.4. The predicted octanol–water partition coefficient (Wildman–Crippen LogP) is 4.15. The smallest absolute Gasteiger partial charge is 0.146 e. The molecule has 0 aliphatic rings. The van der Waals surface area contributed by atoms with Crippen molar-refractivity contribution in [3.8, 4) is 11.1 Å². The van der Waals surface area contributed by atoms with Crippen LogP contribution in [0, 0.1) is 19.7 Å². The Morgan fingerprint density at radius 3 is 2.18 bits per heavy atom. The largest absolute Gasteiger partial charge is 0.386 e. The number of benzene rings is 2. The van der Waals surface area contributed by atoms with Gasteiger partial charge in [0.05, 0.1) is 5.69 Å². The molecule has 0 unspecified atom stereocenters. The number of anilines is 1. The first kappa shape index (κ1) is 11.6. The first-order chi connectivity index (χ1) is 8.11. The Labute approximate surface area is 101 Å². The average molecular weight is 229 g/mol. The molecule has 88 valence electrons. The van der Waals surface area contributed by atoms with Gasteiger partial charge in [0.25, 0.3) is 0 Å². The van der Waals surface area contributed by atoms with Crippen molar-refractivity contribution in [2.24, 2.45) is 0 Å². The number of aryl methyl sites for hydroxylation is 2. The first-order valence-corrected chi connectivity index (χ1v) is 5.67. The van der Waals surface area contributed by atoms with Gasteiger partial charge in [0.2, 0.25) is 0 Å². The third-order valence-electron chi connectivity index (χ3n) is 3.08. The van der Waals surface area contributed by atoms with Crippen LogP contribution in [0.5, 0.6) is 0 Å². The van der Waals surface area contributed by atoms with Crippen molar-refractivity contribution >= 4 is 5.69 Å². The van der Waals surface area contributed by atoms with E-state index < -0.39 is 0 Å². The molecule has 1 N–H and O–H groups in total. The summed E-state index contributed by atoms with van der Waals surface area (Å²) in [6, 6.07) is 11.4. The van der Waals surface area contributed by atoms with Crippen LogP contribution in [0.4, 0.5) is 10.1 Å². The highest BCUT2D eigenvalue weighted by Gasteiger charge is 2.04. The zero-order valence-corrected chi connectivity index (χ0v) is 10.3. The van der Waals surface area contributed by atoms with Crippen LogP contribution in [0.15, 0.2) is 36.4 Å². The van der Waals surface area contributed by atoms with E-state index in [0.717, 1.165) is 11.1 Å². The van der Waals surface area contributed by atoms with Crippen molar-refractivity contribution in [1.82, 2.24) is 0 Å². The first-order valence-electron chi connectivity index (χ1n) is 5.67. The Morgan fingerprint density at radius 2 is 1.53 bits per heavy atom. The Hall–Kier alpha value is -1.83. The highest BCUT2D eigenvalue weighted by molar-refractivity contribution is 5.69. The van der Waals surface area contributed by atoms with Crippen LogP contribution in [0.25, 0.3) is 11.1 Å². The van der Waals surface area contributed by atoms with E-state index in [4.69, 9.17) is 0 Å². The number of halogens is 1. The van der Waals surface area contributed by atoms with Crippen molar-refractivity contribution in [2.45, 2.75) is 13.8 Å². The fraction of sp³-hybridized carbons (Fsp3) is 0.200. The number of hydrogen-bond acceptors (Lipinski definition) is 1. The van der Waals surface area contributed by atoms with Gasteiger partial charge >= 0.3 is 0 Å². The van der Waals surface area contributed by atoms with E-state index in [9.17, 15) is 4.39 Å². The minimum absolute atomic E-state index is 0.222. The Balaban J connectivity index is 2.49. The fourth-order valence-corrected chi connectivity index (χ4v) is 1.82. The van der Waals surface area contributed by atoms with Crippen LogP contribution in [-0.4, -0.2) is 7.05 Å². The van der Waals surface area contributed by atoms with Gasteiger partial charge in [0.15, 0.2) is 0 Å². The second kappa shape index (κ2) is 4.58. The molecule has 0 aromatic heterocycles. The Morgan fingerprint density at radius 1 is 0.882 bits per heavy atom. The van der Waals surface area contributed by atoms with Gasteiger partial charge in [0.1, 0.15) is 5.82 Å². The predicted molar refractivity (Wildman–Crippen MR) is 70.9 cm³/mol. The third kappa shape index (κ3) is 2.31. The van der Waals surface area contributed by atoms with E-state index in [1.54, 1.807) is 13.1 Å². The van der Waals surface area contributed by atoms with Crippen molar-refractivity contribution in [1.29, 1.82) is 0 Å². The maximum Gasteiger partial charge on any atom is 0.146 e. The van der Waals surface area contributed by atoms with Gasteiger partial charge in [-0.3, -0.25) is 0 Å². The van der Waals surface area contributed by atoms with Gasteiger partial charge in [-0.1, -0.05) is 24.3 Å². The second-order valence-corrected chi connectivity index (χ2v) is 4.24. The van der Waals surface area contributed by atoms with Crippen LogP contribution in [-0.2, 0) is 0 Å². The van der Waals surface area contributed by atoms with Crippen molar-refractivity contribution in [3.05, 3.63) is 53.3 Å². The summed E-state index contributed by atoms with van der Waals surface area (Å²) < 4.78 is 13.4. The minimum atomic E-state index is -0.222. The van der Waals surface area contributed by atoms with E-state index in [1.807, 2.05) is 6.07 Å². The summed E-state index contributed by atoms with van der Waals surface area (Å²) in [5.74, 6) is -0.222. The summed E-state index contributed by atoms with van der Waals surface area (Å²) in [5.41, 5.74) is 5.19. The van der Waals surface area contributed by atoms with E-state index >= 15 is 0 Å². The topological polar surface area (TPSA) is 12.0 Å². The zero-order chi connectivity index (χ0) is 12.4. The lowest BCUT2D eigenvalue weighted by Gasteiger charge is -2.08. The van der Waals surface area contributed by atoms with Gasteiger partial charge in [-0.05, 0) is 48.2 Å². The number of hydrogen-bond donors (Lipinski definition) is 1. The van der Waals surface area contributed by atoms with Crippen molar-refractivity contribution in [2.75, 3.05) is 12.4 Å². The molecule has 0 fully saturated rings. The molecule has 17 heavy (non-hydrogen) atoms. The molecular weight excluding hydrogens is 213 g/mol. The molecule has 0 aliphatic heterocycles. The zero-order valence-electron chi connectivity index (χ0n) is 10.3. The van der Waals surface area contributed by atoms with Crippen LogP contribution >= 0.6 is 0 Å². The highest BCUT2D eigenvalue weighted by Crippen LogP contribution is 2.26. The average Bonchev–Trinajstić information content (AvgIpc) is 2.33. The van der Waals surface area contributed by atoms with E-state index in [1.165, 1.54) is 17.2 Å². The van der Waals surface area contributed by atoms with Gasteiger partial charge in [0, 0.05) is 7.05 Å². The molecule has 0 aliphatic carbocycles. The van der Waals surface area contributed by atoms with Crippen LogP contribution in [0.2, 0.25) is 0 Å². The molecule has 2 aromatic rings. The van der Waals surface area contributed by atoms with E-state index in [2.05, 4.69) is 37.4 Å². The standard InChI is InChI=1S/C15H16FN/c1-10-4-5-12(8-11(10)2)13-6-7-14(16)15(9-13)17-3/h4-9,17H,1-3H3. The molecular formula is C15H16FN. The van der Waals surface area contributed by atoms with Crippen LogP contribution in [0.1, 0.15) is 11.1 Å². The summed E-state index contributed by atoms with van der Waals surface area (Å²) in [7, 11) is 1.72. The van der Waals surface area contributed by atoms with Crippen LogP contribution in [0.3, 0.4) is 0 Å². The molecule has 2 aromatic carbocycles. The van der Waals surface area contributed by atoms with Crippen molar-refractivity contribution in [3.63, 3.8) is 0 Å². The molecule has 2 heteroatoms. The van der Waals surface area contributed by atoms with Crippen molar-refractivity contribution < 1.29 is 4.39 Å². The fourth-order valence-electron chi connectivity index (χ4n) is 1.82. The minimum Gasteiger partial charge on any atom is -0.386 e. The molecule has 0 spiro atoms. The second-order valence-electron chi connectivity index (χ2n) is 4.24. The lowest BCUT2D eigenvalue weighted by atomic mass is 10.00. The third-order valence-corrected chi connectivity index (χ3v) is 3.08. The quantitative estimate of drug-likeness (QED) is 0.815. The molecule has 0 bridgehead atoms. The van der Waals surface area contributed by atoms with Gasteiger partial charge in [-0.2, -0.15) is 0 Å². The summed E-state index contributed by atoms with van der Waals surface area (Å²) in [6.07, 6.45) is 0. The lowest BCUT2D eigenvalue weighted by Crippen LogP contribution is -1.93. The van der Waals surface area contributed by atoms with Gasteiger partial charge in [-0.25, -0.2) is 4.39 Å². The molecule has 2 rings (SSSR count). The Bertz CT molecular complexity index is 547. The molecule has 0 atom stereocenters. The van der Waals surface area contributed by atoms with Gasteiger partial charge < -0.3 is 5.32 Å². The molecule has 1 nitrogen and oxygen atoms in total. The molecule has 0 saturated carbocycles. The summed E-state index contributed by atoms with van der Waals surface area (Å²) in [5, 5.41) is 2.86. The molecule has 0 radical (unpaired) electrons. The Kier molecular flexibility index (Phi) is 3.14. The summed E-state index contributed by atoms with van der Waals surface area (Å²) in [4.78, 5) is 0.